The van der Waals surface area contributed by atoms with Gasteiger partial charge in [0.05, 0.1) is 0 Å². The normalized spacial score (nSPS) is 21.9. The Balaban J connectivity index is 1.80. The lowest BCUT2D eigenvalue weighted by molar-refractivity contribution is -0.138. The third-order valence-corrected chi connectivity index (χ3v) is 3.52. The highest BCUT2D eigenvalue weighted by molar-refractivity contribution is 5.73. The summed E-state index contributed by atoms with van der Waals surface area (Å²) in [6.45, 7) is 2.93. The quantitative estimate of drug-likeness (QED) is 0.824. The monoisotopic (exact) mass is 248 g/mol. The van der Waals surface area contributed by atoms with Crippen molar-refractivity contribution in [3.05, 3.63) is 35.9 Å². The van der Waals surface area contributed by atoms with E-state index < -0.39 is 12.0 Å². The van der Waals surface area contributed by atoms with E-state index in [0.29, 0.717) is 12.3 Å². The standard InChI is InChI=1S/C14H20N2O2/c15-13(14(17)18)8-12-6-7-16(10-12)9-11-4-2-1-3-5-11/h1-5,12-13H,6-10,15H2,(H,17,18). The average Bonchev–Trinajstić information content (AvgIpc) is 2.77. The first-order chi connectivity index (χ1) is 8.65. The van der Waals surface area contributed by atoms with Crippen LogP contribution < -0.4 is 5.73 Å². The summed E-state index contributed by atoms with van der Waals surface area (Å²) >= 11 is 0. The van der Waals surface area contributed by atoms with Crippen molar-refractivity contribution in [1.82, 2.24) is 4.90 Å². The Morgan fingerprint density at radius 2 is 2.17 bits per heavy atom. The van der Waals surface area contributed by atoms with Crippen LogP contribution in [0.5, 0.6) is 0 Å². The molecule has 18 heavy (non-hydrogen) atoms. The molecule has 4 heteroatoms. The third kappa shape index (κ3) is 3.55. The minimum absolute atomic E-state index is 0.416. The van der Waals surface area contributed by atoms with Crippen LogP contribution in [-0.4, -0.2) is 35.1 Å². The molecule has 1 aliphatic rings. The topological polar surface area (TPSA) is 66.6 Å². The fraction of sp³-hybridized carbons (Fsp3) is 0.500. The molecule has 1 heterocycles. The molecular formula is C14H20N2O2. The lowest BCUT2D eigenvalue weighted by atomic mass is 10.00. The molecule has 1 aliphatic heterocycles. The van der Waals surface area contributed by atoms with Crippen molar-refractivity contribution in [2.75, 3.05) is 13.1 Å². The van der Waals surface area contributed by atoms with Gasteiger partial charge in [0.2, 0.25) is 0 Å². The molecule has 0 spiro atoms. The van der Waals surface area contributed by atoms with E-state index >= 15 is 0 Å². The molecule has 1 aromatic carbocycles. The van der Waals surface area contributed by atoms with Gasteiger partial charge in [-0.3, -0.25) is 9.69 Å². The Bertz CT molecular complexity index is 394. The zero-order valence-corrected chi connectivity index (χ0v) is 10.5. The van der Waals surface area contributed by atoms with Crippen molar-refractivity contribution < 1.29 is 9.90 Å². The second-order valence-corrected chi connectivity index (χ2v) is 5.06. The number of nitrogens with zero attached hydrogens (tertiary/aromatic N) is 1. The molecule has 0 radical (unpaired) electrons. The van der Waals surface area contributed by atoms with Gasteiger partial charge in [0.25, 0.3) is 0 Å². The average molecular weight is 248 g/mol. The number of benzene rings is 1. The second-order valence-electron chi connectivity index (χ2n) is 5.06. The van der Waals surface area contributed by atoms with Gasteiger partial charge in [-0.15, -0.1) is 0 Å². The Hall–Kier alpha value is -1.39. The number of aliphatic carboxylic acids is 1. The van der Waals surface area contributed by atoms with Crippen LogP contribution in [0.3, 0.4) is 0 Å². The predicted octanol–water partition coefficient (Wildman–Crippen LogP) is 1.31. The minimum atomic E-state index is -0.892. The molecule has 2 rings (SSSR count). The molecule has 0 aromatic heterocycles. The summed E-state index contributed by atoms with van der Waals surface area (Å²) in [5.74, 6) is -0.476. The Kier molecular flexibility index (Phi) is 4.33. The van der Waals surface area contributed by atoms with E-state index in [-0.39, 0.29) is 0 Å². The summed E-state index contributed by atoms with van der Waals surface area (Å²) in [4.78, 5) is 13.1. The van der Waals surface area contributed by atoms with Crippen LogP contribution in [0.4, 0.5) is 0 Å². The van der Waals surface area contributed by atoms with E-state index in [4.69, 9.17) is 10.8 Å². The molecule has 1 aromatic rings. The third-order valence-electron chi connectivity index (χ3n) is 3.52. The molecule has 1 fully saturated rings. The lowest BCUT2D eigenvalue weighted by Gasteiger charge is -2.17. The number of rotatable bonds is 5. The summed E-state index contributed by atoms with van der Waals surface area (Å²) in [6, 6.07) is 9.63. The van der Waals surface area contributed by atoms with Crippen molar-refractivity contribution in [3.8, 4) is 0 Å². The Labute approximate surface area is 107 Å². The van der Waals surface area contributed by atoms with Crippen molar-refractivity contribution in [2.24, 2.45) is 11.7 Å². The van der Waals surface area contributed by atoms with E-state index in [1.165, 1.54) is 5.56 Å². The van der Waals surface area contributed by atoms with Crippen molar-refractivity contribution in [1.29, 1.82) is 0 Å². The van der Waals surface area contributed by atoms with Gasteiger partial charge in [-0.25, -0.2) is 0 Å². The maximum Gasteiger partial charge on any atom is 0.320 e. The van der Waals surface area contributed by atoms with Crippen LogP contribution in [0.25, 0.3) is 0 Å². The first-order valence-electron chi connectivity index (χ1n) is 6.40. The van der Waals surface area contributed by atoms with Crippen molar-refractivity contribution in [3.63, 3.8) is 0 Å². The van der Waals surface area contributed by atoms with Crippen molar-refractivity contribution in [2.45, 2.75) is 25.4 Å². The summed E-state index contributed by atoms with van der Waals surface area (Å²) in [7, 11) is 0. The highest BCUT2D eigenvalue weighted by Crippen LogP contribution is 2.22. The molecule has 0 aliphatic carbocycles. The zero-order valence-electron chi connectivity index (χ0n) is 10.5. The smallest absolute Gasteiger partial charge is 0.320 e. The number of nitrogens with two attached hydrogens (primary N) is 1. The van der Waals surface area contributed by atoms with Gasteiger partial charge in [0.1, 0.15) is 6.04 Å². The second kappa shape index (κ2) is 5.98. The van der Waals surface area contributed by atoms with E-state index in [1.54, 1.807) is 0 Å². The van der Waals surface area contributed by atoms with E-state index in [9.17, 15) is 4.79 Å². The maximum atomic E-state index is 10.7. The first kappa shape index (κ1) is 13.1. The van der Waals surface area contributed by atoms with E-state index in [0.717, 1.165) is 26.1 Å². The number of carboxylic acids is 1. The van der Waals surface area contributed by atoms with Gasteiger partial charge in [-0.2, -0.15) is 0 Å². The van der Waals surface area contributed by atoms with Gasteiger partial charge >= 0.3 is 5.97 Å². The van der Waals surface area contributed by atoms with E-state index in [2.05, 4.69) is 17.0 Å². The molecule has 98 valence electrons. The predicted molar refractivity (Wildman–Crippen MR) is 70.1 cm³/mol. The zero-order chi connectivity index (χ0) is 13.0. The minimum Gasteiger partial charge on any atom is -0.480 e. The molecule has 3 N–H and O–H groups in total. The molecule has 1 saturated heterocycles. The van der Waals surface area contributed by atoms with Gasteiger partial charge < -0.3 is 10.8 Å². The van der Waals surface area contributed by atoms with Crippen LogP contribution in [0.2, 0.25) is 0 Å². The molecular weight excluding hydrogens is 228 g/mol. The Morgan fingerprint density at radius 3 is 2.83 bits per heavy atom. The number of carboxylic acid groups (broad SMARTS) is 1. The molecule has 4 nitrogen and oxygen atoms in total. The molecule has 2 atom stereocenters. The van der Waals surface area contributed by atoms with Gasteiger partial charge in [0.15, 0.2) is 0 Å². The first-order valence-corrected chi connectivity index (χ1v) is 6.40. The van der Waals surface area contributed by atoms with Gasteiger partial charge in [-0.1, -0.05) is 30.3 Å². The number of likely N-dealkylation sites (tertiary alicyclic amines) is 1. The molecule has 0 saturated carbocycles. The lowest BCUT2D eigenvalue weighted by Crippen LogP contribution is -2.33. The molecule has 2 unspecified atom stereocenters. The highest BCUT2D eigenvalue weighted by atomic mass is 16.4. The van der Waals surface area contributed by atoms with Gasteiger partial charge in [-0.05, 0) is 30.9 Å². The van der Waals surface area contributed by atoms with Crippen LogP contribution in [0, 0.1) is 5.92 Å². The Morgan fingerprint density at radius 1 is 1.44 bits per heavy atom. The SMILES string of the molecule is NC(CC1CCN(Cc2ccccc2)C1)C(=O)O. The summed E-state index contributed by atoms with van der Waals surface area (Å²) in [5.41, 5.74) is 6.88. The van der Waals surface area contributed by atoms with Gasteiger partial charge in [0, 0.05) is 13.1 Å². The summed E-state index contributed by atoms with van der Waals surface area (Å²) in [5, 5.41) is 8.80. The van der Waals surface area contributed by atoms with Crippen LogP contribution >= 0.6 is 0 Å². The molecule has 0 bridgehead atoms. The fourth-order valence-corrected chi connectivity index (χ4v) is 2.55. The number of carbonyl (C=O) groups is 1. The van der Waals surface area contributed by atoms with Crippen LogP contribution in [-0.2, 0) is 11.3 Å². The number of hydrogen-bond acceptors (Lipinski definition) is 3. The summed E-state index contributed by atoms with van der Waals surface area (Å²) < 4.78 is 0. The van der Waals surface area contributed by atoms with Crippen LogP contribution in [0.15, 0.2) is 30.3 Å². The molecule has 0 amide bonds. The number of hydrogen-bond donors (Lipinski definition) is 2. The van der Waals surface area contributed by atoms with Crippen LogP contribution in [0.1, 0.15) is 18.4 Å². The highest BCUT2D eigenvalue weighted by Gasteiger charge is 2.26. The maximum absolute atomic E-state index is 10.7. The van der Waals surface area contributed by atoms with Crippen molar-refractivity contribution >= 4 is 5.97 Å². The van der Waals surface area contributed by atoms with E-state index in [1.807, 2.05) is 18.2 Å². The fourth-order valence-electron chi connectivity index (χ4n) is 2.55. The largest absolute Gasteiger partial charge is 0.480 e. The summed E-state index contributed by atoms with van der Waals surface area (Å²) in [6.07, 6.45) is 1.63.